The van der Waals surface area contributed by atoms with Crippen molar-refractivity contribution in [2.24, 2.45) is 5.92 Å². The number of hydrogen-bond donors (Lipinski definition) is 3. The van der Waals surface area contributed by atoms with Gasteiger partial charge >= 0.3 is 0 Å². The van der Waals surface area contributed by atoms with Crippen LogP contribution >= 0.6 is 0 Å². The minimum absolute atomic E-state index is 0.0243. The normalized spacial score (nSPS) is 12.5. The van der Waals surface area contributed by atoms with E-state index in [4.69, 9.17) is 4.42 Å². The Kier molecular flexibility index (Phi) is 11.2. The molecule has 3 aromatic rings. The van der Waals surface area contributed by atoms with Gasteiger partial charge in [0.15, 0.2) is 11.5 Å². The van der Waals surface area contributed by atoms with E-state index in [2.05, 4.69) is 20.9 Å². The second kappa shape index (κ2) is 14.8. The lowest BCUT2D eigenvalue weighted by Gasteiger charge is -2.21. The number of carbonyl (C=O) groups excluding carboxylic acids is 3. The Balaban J connectivity index is 1.54. The number of nitrogens with one attached hydrogen (secondary N) is 3. The van der Waals surface area contributed by atoms with Crippen LogP contribution in [0.5, 0.6) is 0 Å². The first kappa shape index (κ1) is 28.8. The van der Waals surface area contributed by atoms with Gasteiger partial charge in [0.2, 0.25) is 11.8 Å². The average Bonchev–Trinajstić information content (AvgIpc) is 3.45. The molecule has 1 aromatic heterocycles. The lowest BCUT2D eigenvalue weighted by molar-refractivity contribution is -0.122. The average molecular weight is 519 g/mol. The summed E-state index contributed by atoms with van der Waals surface area (Å²) in [6, 6.07) is 16.9. The first-order valence-corrected chi connectivity index (χ1v) is 13.3. The van der Waals surface area contributed by atoms with Gasteiger partial charge in [-0.25, -0.2) is 4.98 Å². The van der Waals surface area contributed by atoms with E-state index in [1.54, 1.807) is 12.1 Å². The van der Waals surface area contributed by atoms with E-state index in [-0.39, 0.29) is 47.9 Å². The molecule has 8 nitrogen and oxygen atoms in total. The second-order valence-corrected chi connectivity index (χ2v) is 9.43. The molecule has 2 aromatic carbocycles. The van der Waals surface area contributed by atoms with Gasteiger partial charge in [-0.2, -0.15) is 0 Å². The first-order valence-electron chi connectivity index (χ1n) is 13.3. The van der Waals surface area contributed by atoms with Crippen LogP contribution in [0.1, 0.15) is 78.7 Å². The lowest BCUT2D eigenvalue weighted by atomic mass is 9.98. The van der Waals surface area contributed by atoms with Crippen LogP contribution in [0.3, 0.4) is 0 Å². The molecule has 0 spiro atoms. The van der Waals surface area contributed by atoms with Crippen LogP contribution in [0.25, 0.3) is 11.1 Å². The summed E-state index contributed by atoms with van der Waals surface area (Å²) in [5.41, 5.74) is 2.87. The highest BCUT2D eigenvalue weighted by Gasteiger charge is 2.26. The Morgan fingerprint density at radius 3 is 2.29 bits per heavy atom. The van der Waals surface area contributed by atoms with Crippen LogP contribution in [-0.4, -0.2) is 42.7 Å². The molecule has 1 heterocycles. The fraction of sp³-hybridized carbons (Fsp3) is 0.400. The van der Waals surface area contributed by atoms with E-state index >= 15 is 0 Å². The summed E-state index contributed by atoms with van der Waals surface area (Å²) >= 11 is 0. The van der Waals surface area contributed by atoms with E-state index in [1.807, 2.05) is 63.4 Å². The molecule has 2 amide bonds. The van der Waals surface area contributed by atoms with Crippen LogP contribution in [0.2, 0.25) is 0 Å². The van der Waals surface area contributed by atoms with Crippen LogP contribution in [0.4, 0.5) is 0 Å². The van der Waals surface area contributed by atoms with Gasteiger partial charge in [0.25, 0.3) is 5.91 Å². The molecule has 0 saturated heterocycles. The van der Waals surface area contributed by atoms with E-state index in [9.17, 15) is 14.4 Å². The molecule has 3 N–H and O–H groups in total. The smallest absolute Gasteiger partial charge is 0.273 e. The predicted molar refractivity (Wildman–Crippen MR) is 148 cm³/mol. The highest BCUT2D eigenvalue weighted by molar-refractivity contribution is 5.98. The zero-order valence-corrected chi connectivity index (χ0v) is 22.5. The Labute approximate surface area is 224 Å². The molecular formula is C30H38N4O4. The number of aromatic nitrogens is 1. The predicted octanol–water partition coefficient (Wildman–Crippen LogP) is 4.94. The Morgan fingerprint density at radius 2 is 1.61 bits per heavy atom. The van der Waals surface area contributed by atoms with Gasteiger partial charge in [-0.15, -0.1) is 0 Å². The fourth-order valence-electron chi connectivity index (χ4n) is 4.03. The van der Waals surface area contributed by atoms with Crippen molar-refractivity contribution in [1.29, 1.82) is 0 Å². The zero-order valence-electron chi connectivity index (χ0n) is 22.5. The third kappa shape index (κ3) is 8.38. The van der Waals surface area contributed by atoms with E-state index in [0.717, 1.165) is 36.9 Å². The number of unbranched alkanes of at least 4 members (excludes halogenated alkanes) is 1. The molecule has 38 heavy (non-hydrogen) atoms. The molecule has 202 valence electrons. The maximum Gasteiger partial charge on any atom is 0.273 e. The van der Waals surface area contributed by atoms with Gasteiger partial charge < -0.3 is 20.4 Å². The number of ketones is 1. The topological polar surface area (TPSA) is 113 Å². The van der Waals surface area contributed by atoms with Crippen molar-refractivity contribution >= 4 is 17.6 Å². The maximum absolute atomic E-state index is 12.8. The quantitative estimate of drug-likeness (QED) is 0.194. The lowest BCUT2D eigenvalue weighted by Crippen LogP contribution is -2.33. The third-order valence-electron chi connectivity index (χ3n) is 6.58. The van der Waals surface area contributed by atoms with Gasteiger partial charge in [-0.3, -0.25) is 14.4 Å². The van der Waals surface area contributed by atoms with Gasteiger partial charge in [-0.1, -0.05) is 74.9 Å². The summed E-state index contributed by atoms with van der Waals surface area (Å²) in [4.78, 5) is 42.2. The van der Waals surface area contributed by atoms with E-state index < -0.39 is 6.04 Å². The van der Waals surface area contributed by atoms with Crippen molar-refractivity contribution in [3.05, 3.63) is 78.0 Å². The van der Waals surface area contributed by atoms with Crippen LogP contribution in [0, 0.1) is 5.92 Å². The highest BCUT2D eigenvalue weighted by Crippen LogP contribution is 2.25. The van der Waals surface area contributed by atoms with Crippen molar-refractivity contribution in [2.45, 2.75) is 52.0 Å². The molecular weight excluding hydrogens is 480 g/mol. The fourth-order valence-corrected chi connectivity index (χ4v) is 4.03. The van der Waals surface area contributed by atoms with Crippen LogP contribution in [0.15, 0.2) is 65.3 Å². The summed E-state index contributed by atoms with van der Waals surface area (Å²) in [5, 5.41) is 8.87. The molecule has 0 fully saturated rings. The molecule has 0 bridgehead atoms. The number of benzene rings is 2. The summed E-state index contributed by atoms with van der Waals surface area (Å²) in [6.45, 7) is 5.44. The highest BCUT2D eigenvalue weighted by atomic mass is 16.3. The second-order valence-electron chi connectivity index (χ2n) is 9.43. The van der Waals surface area contributed by atoms with Crippen molar-refractivity contribution in [2.75, 3.05) is 20.1 Å². The minimum atomic E-state index is -0.495. The Bertz CT molecular complexity index is 1170. The third-order valence-corrected chi connectivity index (χ3v) is 6.58. The molecule has 0 saturated carbocycles. The van der Waals surface area contributed by atoms with Crippen molar-refractivity contribution in [1.82, 2.24) is 20.9 Å². The first-order chi connectivity index (χ1) is 18.4. The number of hydrogen-bond acceptors (Lipinski definition) is 6. The van der Waals surface area contributed by atoms with Gasteiger partial charge in [0, 0.05) is 24.9 Å². The standard InChI is InChI=1S/C30H38N4O4/c1-4-21(2)28(30-33-25(20-38-30)29(37)32-19-9-8-18-31-3)34-27(36)17-16-26(35)24-14-12-23(13-15-24)22-10-6-5-7-11-22/h5-7,10-15,20-21,28,31H,4,8-9,16-19H2,1-3H3,(H,32,37)(H,34,36)/t21-,28-/m0/s1. The number of Topliss-reactive ketones (excluding diaryl/α,β-unsaturated/α-hetero) is 1. The Hall–Kier alpha value is -3.78. The molecule has 2 atom stereocenters. The van der Waals surface area contributed by atoms with Crippen LogP contribution in [-0.2, 0) is 4.79 Å². The molecule has 0 unspecified atom stereocenters. The molecule has 0 aliphatic carbocycles. The van der Waals surface area contributed by atoms with Crippen molar-refractivity contribution in [3.63, 3.8) is 0 Å². The Morgan fingerprint density at radius 1 is 0.921 bits per heavy atom. The van der Waals surface area contributed by atoms with Crippen LogP contribution < -0.4 is 16.0 Å². The van der Waals surface area contributed by atoms with Gasteiger partial charge in [0.05, 0.1) is 0 Å². The number of amides is 2. The number of rotatable bonds is 15. The molecule has 0 radical (unpaired) electrons. The summed E-state index contributed by atoms with van der Waals surface area (Å²) in [6.07, 6.45) is 4.06. The maximum atomic E-state index is 12.8. The number of nitrogens with zero attached hydrogens (tertiary/aromatic N) is 1. The number of carbonyl (C=O) groups is 3. The summed E-state index contributed by atoms with van der Waals surface area (Å²) in [5.74, 6) is -0.349. The molecule has 8 heteroatoms. The number of oxazole rings is 1. The van der Waals surface area contributed by atoms with Gasteiger partial charge in [-0.05, 0) is 43.5 Å². The SMILES string of the molecule is CC[C@H](C)[C@H](NC(=O)CCC(=O)c1ccc(-c2ccccc2)cc1)c1nc(C(=O)NCCCCNC)co1. The molecule has 3 rings (SSSR count). The molecule has 0 aliphatic rings. The van der Waals surface area contributed by atoms with Crippen molar-refractivity contribution < 1.29 is 18.8 Å². The van der Waals surface area contributed by atoms with Gasteiger partial charge in [0.1, 0.15) is 12.3 Å². The summed E-state index contributed by atoms with van der Waals surface area (Å²) in [7, 11) is 1.89. The van der Waals surface area contributed by atoms with Crippen molar-refractivity contribution in [3.8, 4) is 11.1 Å². The van der Waals surface area contributed by atoms with E-state index in [1.165, 1.54) is 6.26 Å². The summed E-state index contributed by atoms with van der Waals surface area (Å²) < 4.78 is 5.60. The monoisotopic (exact) mass is 518 g/mol. The largest absolute Gasteiger partial charge is 0.446 e. The minimum Gasteiger partial charge on any atom is -0.446 e. The van der Waals surface area contributed by atoms with E-state index in [0.29, 0.717) is 12.1 Å². The zero-order chi connectivity index (χ0) is 27.3. The molecule has 0 aliphatic heterocycles.